The molecule has 0 spiro atoms. The molecule has 1 aliphatic rings. The second kappa shape index (κ2) is 4.87. The van der Waals surface area contributed by atoms with Crippen molar-refractivity contribution in [2.75, 3.05) is 6.54 Å². The van der Waals surface area contributed by atoms with Gasteiger partial charge in [0, 0.05) is 12.6 Å². The van der Waals surface area contributed by atoms with Crippen LogP contribution in [0.2, 0.25) is 0 Å². The number of aliphatic carboxylic acids is 1. The Morgan fingerprint density at radius 3 is 2.88 bits per heavy atom. The quantitative estimate of drug-likeness (QED) is 0.890. The summed E-state index contributed by atoms with van der Waals surface area (Å²) in [7, 11) is 0. The smallest absolute Gasteiger partial charge is 0.308 e. The van der Waals surface area contributed by atoms with Crippen molar-refractivity contribution in [3.05, 3.63) is 22.4 Å². The molecule has 0 bridgehead atoms. The molecule has 92 valence electrons. The van der Waals surface area contributed by atoms with Crippen LogP contribution in [0.4, 0.5) is 0 Å². The molecule has 2 heterocycles. The first-order valence-corrected chi connectivity index (χ1v) is 6.57. The molecule has 1 amide bonds. The van der Waals surface area contributed by atoms with Crippen LogP contribution in [0.5, 0.6) is 0 Å². The molecule has 4 nitrogen and oxygen atoms in total. The number of carboxylic acids is 1. The maximum atomic E-state index is 12.0. The molecule has 2 rings (SSSR count). The summed E-state index contributed by atoms with van der Waals surface area (Å²) in [4.78, 5) is 24.7. The highest BCUT2D eigenvalue weighted by molar-refractivity contribution is 7.07. The minimum Gasteiger partial charge on any atom is -0.481 e. The first kappa shape index (κ1) is 12.1. The van der Waals surface area contributed by atoms with Gasteiger partial charge >= 0.3 is 5.97 Å². The van der Waals surface area contributed by atoms with Gasteiger partial charge in [-0.2, -0.15) is 11.3 Å². The van der Waals surface area contributed by atoms with Gasteiger partial charge in [-0.15, -0.1) is 0 Å². The summed E-state index contributed by atoms with van der Waals surface area (Å²) in [6, 6.07) is 1.73. The van der Waals surface area contributed by atoms with Crippen LogP contribution < -0.4 is 0 Å². The zero-order chi connectivity index (χ0) is 12.4. The molecule has 17 heavy (non-hydrogen) atoms. The van der Waals surface area contributed by atoms with Crippen molar-refractivity contribution >= 4 is 23.2 Å². The zero-order valence-corrected chi connectivity index (χ0v) is 10.4. The van der Waals surface area contributed by atoms with Gasteiger partial charge < -0.3 is 10.0 Å². The van der Waals surface area contributed by atoms with Crippen molar-refractivity contribution in [1.29, 1.82) is 0 Å². The molecule has 1 aromatic heterocycles. The molecule has 1 N–H and O–H groups in total. The molecular weight excluding hydrogens is 238 g/mol. The third-order valence-corrected chi connectivity index (χ3v) is 4.06. The van der Waals surface area contributed by atoms with Crippen molar-refractivity contribution in [2.24, 2.45) is 5.92 Å². The Morgan fingerprint density at radius 2 is 2.35 bits per heavy atom. The summed E-state index contributed by atoms with van der Waals surface area (Å²) < 4.78 is 0. The summed E-state index contributed by atoms with van der Waals surface area (Å²) in [5.74, 6) is -1.19. The SMILES string of the molecule is CC1C(C(=O)O)CCN1C(=O)Cc1ccsc1. The van der Waals surface area contributed by atoms with E-state index in [1.165, 1.54) is 0 Å². The van der Waals surface area contributed by atoms with Crippen LogP contribution in [-0.4, -0.2) is 34.5 Å². The van der Waals surface area contributed by atoms with Crippen molar-refractivity contribution in [3.63, 3.8) is 0 Å². The Morgan fingerprint density at radius 1 is 1.59 bits per heavy atom. The number of thiophene rings is 1. The molecule has 1 saturated heterocycles. The summed E-state index contributed by atoms with van der Waals surface area (Å²) in [6.45, 7) is 2.37. The molecule has 0 aliphatic carbocycles. The van der Waals surface area contributed by atoms with E-state index < -0.39 is 11.9 Å². The van der Waals surface area contributed by atoms with Crippen LogP contribution in [0, 0.1) is 5.92 Å². The third kappa shape index (κ3) is 2.49. The van der Waals surface area contributed by atoms with Gasteiger partial charge in [0.2, 0.25) is 5.91 Å². The number of carboxylic acid groups (broad SMARTS) is 1. The standard InChI is InChI=1S/C12H15NO3S/c1-8-10(12(15)16)2-4-13(8)11(14)6-9-3-5-17-7-9/h3,5,7-8,10H,2,4,6H2,1H3,(H,15,16). The van der Waals surface area contributed by atoms with Gasteiger partial charge in [-0.05, 0) is 35.7 Å². The van der Waals surface area contributed by atoms with Gasteiger partial charge in [0.25, 0.3) is 0 Å². The van der Waals surface area contributed by atoms with E-state index >= 15 is 0 Å². The number of hydrogen-bond donors (Lipinski definition) is 1. The Balaban J connectivity index is 1.99. The van der Waals surface area contributed by atoms with Crippen molar-refractivity contribution < 1.29 is 14.7 Å². The lowest BCUT2D eigenvalue weighted by Gasteiger charge is -2.23. The van der Waals surface area contributed by atoms with Crippen LogP contribution in [0.3, 0.4) is 0 Å². The molecule has 2 unspecified atom stereocenters. The van der Waals surface area contributed by atoms with E-state index in [0.717, 1.165) is 5.56 Å². The number of hydrogen-bond acceptors (Lipinski definition) is 3. The number of likely N-dealkylation sites (tertiary alicyclic amines) is 1. The molecule has 0 aromatic carbocycles. The summed E-state index contributed by atoms with van der Waals surface area (Å²) in [5, 5.41) is 12.9. The average Bonchev–Trinajstić information content (AvgIpc) is 2.86. The van der Waals surface area contributed by atoms with Gasteiger partial charge in [-0.3, -0.25) is 9.59 Å². The minimum atomic E-state index is -0.802. The zero-order valence-electron chi connectivity index (χ0n) is 9.63. The van der Waals surface area contributed by atoms with Gasteiger partial charge in [-0.25, -0.2) is 0 Å². The fraction of sp³-hybridized carbons (Fsp3) is 0.500. The number of carbonyl (C=O) groups is 2. The van der Waals surface area contributed by atoms with Crippen molar-refractivity contribution in [3.8, 4) is 0 Å². The fourth-order valence-electron chi connectivity index (χ4n) is 2.29. The average molecular weight is 253 g/mol. The van der Waals surface area contributed by atoms with E-state index in [-0.39, 0.29) is 11.9 Å². The van der Waals surface area contributed by atoms with E-state index in [2.05, 4.69) is 0 Å². The lowest BCUT2D eigenvalue weighted by Crippen LogP contribution is -2.38. The van der Waals surface area contributed by atoms with Crippen LogP contribution >= 0.6 is 11.3 Å². The largest absolute Gasteiger partial charge is 0.481 e. The number of nitrogens with zero attached hydrogens (tertiary/aromatic N) is 1. The number of carbonyl (C=O) groups excluding carboxylic acids is 1. The number of rotatable bonds is 3. The second-order valence-electron chi connectivity index (χ2n) is 4.37. The van der Waals surface area contributed by atoms with Gasteiger partial charge in [-0.1, -0.05) is 0 Å². The van der Waals surface area contributed by atoms with Gasteiger partial charge in [0.05, 0.1) is 12.3 Å². The Hall–Kier alpha value is -1.36. The number of amides is 1. The molecule has 1 aliphatic heterocycles. The first-order chi connectivity index (χ1) is 8.09. The lowest BCUT2D eigenvalue weighted by molar-refractivity contribution is -0.143. The highest BCUT2D eigenvalue weighted by atomic mass is 32.1. The predicted octanol–water partition coefficient (Wildman–Crippen LogP) is 1.61. The molecule has 5 heteroatoms. The Bertz CT molecular complexity index is 415. The minimum absolute atomic E-state index is 0.0275. The van der Waals surface area contributed by atoms with Crippen LogP contribution in [-0.2, 0) is 16.0 Å². The molecular formula is C12H15NO3S. The van der Waals surface area contributed by atoms with Crippen LogP contribution in [0.15, 0.2) is 16.8 Å². The highest BCUT2D eigenvalue weighted by Crippen LogP contribution is 2.25. The molecule has 0 saturated carbocycles. The summed E-state index contributed by atoms with van der Waals surface area (Å²) >= 11 is 1.57. The molecule has 2 atom stereocenters. The van der Waals surface area contributed by atoms with E-state index in [0.29, 0.717) is 19.4 Å². The third-order valence-electron chi connectivity index (χ3n) is 3.33. The predicted molar refractivity (Wildman–Crippen MR) is 64.9 cm³/mol. The molecule has 1 fully saturated rings. The van der Waals surface area contributed by atoms with Gasteiger partial charge in [0.15, 0.2) is 0 Å². The van der Waals surface area contributed by atoms with E-state index in [1.54, 1.807) is 16.2 Å². The highest BCUT2D eigenvalue weighted by Gasteiger charge is 2.37. The fourth-order valence-corrected chi connectivity index (χ4v) is 2.96. The Labute approximate surface area is 104 Å². The van der Waals surface area contributed by atoms with Crippen molar-refractivity contribution in [1.82, 2.24) is 4.90 Å². The summed E-state index contributed by atoms with van der Waals surface area (Å²) in [5.41, 5.74) is 1.01. The summed E-state index contributed by atoms with van der Waals surface area (Å²) in [6.07, 6.45) is 0.937. The van der Waals surface area contributed by atoms with Crippen LogP contribution in [0.1, 0.15) is 18.9 Å². The van der Waals surface area contributed by atoms with Crippen LogP contribution in [0.25, 0.3) is 0 Å². The van der Waals surface area contributed by atoms with E-state index in [1.807, 2.05) is 23.8 Å². The lowest BCUT2D eigenvalue weighted by atomic mass is 10.0. The maximum Gasteiger partial charge on any atom is 0.308 e. The monoisotopic (exact) mass is 253 g/mol. The second-order valence-corrected chi connectivity index (χ2v) is 5.15. The molecule has 0 radical (unpaired) electrons. The normalized spacial score (nSPS) is 23.9. The van der Waals surface area contributed by atoms with Crippen molar-refractivity contribution in [2.45, 2.75) is 25.8 Å². The molecule has 1 aromatic rings. The van der Waals surface area contributed by atoms with E-state index in [9.17, 15) is 9.59 Å². The first-order valence-electron chi connectivity index (χ1n) is 5.63. The van der Waals surface area contributed by atoms with Gasteiger partial charge in [0.1, 0.15) is 0 Å². The van der Waals surface area contributed by atoms with E-state index in [4.69, 9.17) is 5.11 Å². The topological polar surface area (TPSA) is 57.6 Å². The maximum absolute atomic E-state index is 12.0. The Kier molecular flexibility index (Phi) is 3.47.